The average Bonchev–Trinajstić information content (AvgIpc) is 3.05. The predicted octanol–water partition coefficient (Wildman–Crippen LogP) is 4.03. The number of anilines is 2. The molecule has 0 aliphatic carbocycles. The van der Waals surface area contributed by atoms with Crippen LogP contribution in [-0.4, -0.2) is 19.9 Å². The van der Waals surface area contributed by atoms with E-state index in [0.29, 0.717) is 11.5 Å². The average molecular weight is 323 g/mol. The molecule has 0 atom stereocenters. The molecule has 0 saturated heterocycles. The van der Waals surface area contributed by atoms with Crippen molar-refractivity contribution in [1.82, 2.24) is 19.9 Å². The summed E-state index contributed by atoms with van der Waals surface area (Å²) in [5.74, 6) is -0.163. The molecular weight excluding hydrogens is 313 g/mol. The number of hydrogen-bond donors (Lipinski definition) is 1. The fraction of sp³-hybridized carbons (Fsp3) is 0. The van der Waals surface area contributed by atoms with Gasteiger partial charge >= 0.3 is 0 Å². The molecule has 1 N–H and O–H groups in total. The van der Waals surface area contributed by atoms with E-state index in [2.05, 4.69) is 25.3 Å². The molecule has 23 heavy (non-hydrogen) atoms. The molecule has 112 valence electrons. The van der Waals surface area contributed by atoms with E-state index >= 15 is 0 Å². The van der Waals surface area contributed by atoms with Crippen LogP contribution in [0.25, 0.3) is 21.5 Å². The number of benzene rings is 1. The van der Waals surface area contributed by atoms with Crippen LogP contribution in [0.2, 0.25) is 0 Å². The molecule has 0 amide bonds. The van der Waals surface area contributed by atoms with Crippen LogP contribution < -0.4 is 5.32 Å². The summed E-state index contributed by atoms with van der Waals surface area (Å²) in [7, 11) is 0. The molecule has 3 aromatic heterocycles. The third kappa shape index (κ3) is 2.74. The Morgan fingerprint density at radius 3 is 2.91 bits per heavy atom. The fourth-order valence-corrected chi connectivity index (χ4v) is 2.86. The molecule has 0 spiro atoms. The molecule has 0 bridgehead atoms. The van der Waals surface area contributed by atoms with Crippen LogP contribution in [0.5, 0.6) is 0 Å². The summed E-state index contributed by atoms with van der Waals surface area (Å²) in [4.78, 5) is 16.5. The number of fused-ring (bicyclic) bond motifs is 1. The second kappa shape index (κ2) is 5.69. The van der Waals surface area contributed by atoms with Crippen molar-refractivity contribution in [1.29, 1.82) is 0 Å². The molecule has 4 rings (SSSR count). The van der Waals surface area contributed by atoms with Gasteiger partial charge in [-0.25, -0.2) is 19.3 Å². The van der Waals surface area contributed by atoms with Crippen molar-refractivity contribution in [3.63, 3.8) is 0 Å². The van der Waals surface area contributed by atoms with Gasteiger partial charge in [-0.3, -0.25) is 4.98 Å². The number of aromatic nitrogens is 4. The molecule has 3 heterocycles. The number of pyridine rings is 1. The zero-order valence-electron chi connectivity index (χ0n) is 11.8. The minimum Gasteiger partial charge on any atom is -0.323 e. The topological polar surface area (TPSA) is 63.6 Å². The first kappa shape index (κ1) is 13.7. The first-order valence-electron chi connectivity index (χ1n) is 6.83. The minimum atomic E-state index is -0.476. The molecule has 0 aliphatic heterocycles. The summed E-state index contributed by atoms with van der Waals surface area (Å²) in [6, 6.07) is 9.20. The second-order valence-electron chi connectivity index (χ2n) is 4.79. The molecule has 7 heteroatoms. The van der Waals surface area contributed by atoms with Gasteiger partial charge in [0, 0.05) is 11.8 Å². The maximum atomic E-state index is 14.1. The smallest absolute Gasteiger partial charge is 0.227 e. The lowest BCUT2D eigenvalue weighted by Gasteiger charge is -2.07. The zero-order chi connectivity index (χ0) is 15.6. The molecule has 0 saturated carbocycles. The van der Waals surface area contributed by atoms with Crippen LogP contribution in [0.1, 0.15) is 0 Å². The van der Waals surface area contributed by atoms with E-state index in [1.165, 1.54) is 0 Å². The van der Waals surface area contributed by atoms with Crippen molar-refractivity contribution in [2.24, 2.45) is 0 Å². The van der Waals surface area contributed by atoms with Gasteiger partial charge in [-0.15, -0.1) is 11.3 Å². The Morgan fingerprint density at radius 2 is 2.04 bits per heavy atom. The zero-order valence-corrected chi connectivity index (χ0v) is 12.6. The SMILES string of the molecule is Fc1cnc(Nc2cccnc2)nc1-c1ccc2scnc2c1. The lowest BCUT2D eigenvalue weighted by molar-refractivity contribution is 0.619. The molecule has 0 radical (unpaired) electrons. The van der Waals surface area contributed by atoms with Crippen LogP contribution in [-0.2, 0) is 0 Å². The Bertz CT molecular complexity index is 971. The van der Waals surface area contributed by atoms with Gasteiger partial charge in [-0.1, -0.05) is 6.07 Å². The first-order chi connectivity index (χ1) is 11.3. The van der Waals surface area contributed by atoms with Crippen LogP contribution in [0.15, 0.2) is 54.4 Å². The van der Waals surface area contributed by atoms with Crippen LogP contribution in [0.4, 0.5) is 16.0 Å². The van der Waals surface area contributed by atoms with Gasteiger partial charge in [0.2, 0.25) is 5.95 Å². The Morgan fingerprint density at radius 1 is 1.09 bits per heavy atom. The van der Waals surface area contributed by atoms with E-state index in [0.717, 1.165) is 22.1 Å². The number of nitrogens with zero attached hydrogens (tertiary/aromatic N) is 4. The highest BCUT2D eigenvalue weighted by molar-refractivity contribution is 7.16. The normalized spacial score (nSPS) is 10.8. The summed E-state index contributed by atoms with van der Waals surface area (Å²) in [6.07, 6.45) is 4.48. The predicted molar refractivity (Wildman–Crippen MR) is 88.1 cm³/mol. The van der Waals surface area contributed by atoms with Crippen molar-refractivity contribution in [2.45, 2.75) is 0 Å². The molecule has 0 fully saturated rings. The molecule has 4 aromatic rings. The maximum absolute atomic E-state index is 14.1. The van der Waals surface area contributed by atoms with E-state index in [-0.39, 0.29) is 5.69 Å². The van der Waals surface area contributed by atoms with Crippen molar-refractivity contribution >= 4 is 33.2 Å². The van der Waals surface area contributed by atoms with E-state index in [1.807, 2.05) is 24.3 Å². The van der Waals surface area contributed by atoms with E-state index in [1.54, 1.807) is 35.3 Å². The van der Waals surface area contributed by atoms with Gasteiger partial charge in [-0.05, 0) is 24.3 Å². The van der Waals surface area contributed by atoms with Crippen molar-refractivity contribution in [3.8, 4) is 11.3 Å². The summed E-state index contributed by atoms with van der Waals surface area (Å²) < 4.78 is 15.2. The summed E-state index contributed by atoms with van der Waals surface area (Å²) >= 11 is 1.54. The van der Waals surface area contributed by atoms with Gasteiger partial charge in [0.05, 0.1) is 33.8 Å². The van der Waals surface area contributed by atoms with Crippen LogP contribution >= 0.6 is 11.3 Å². The lowest BCUT2D eigenvalue weighted by Crippen LogP contribution is -2.00. The fourth-order valence-electron chi connectivity index (χ4n) is 2.20. The largest absolute Gasteiger partial charge is 0.323 e. The first-order valence-corrected chi connectivity index (χ1v) is 7.71. The van der Waals surface area contributed by atoms with Crippen molar-refractivity contribution in [2.75, 3.05) is 5.32 Å². The number of halogens is 1. The Balaban J connectivity index is 1.74. The Labute approximate surface area is 134 Å². The summed E-state index contributed by atoms with van der Waals surface area (Å²) in [5, 5.41) is 3.01. The molecular formula is C16H10FN5S. The Hall–Kier alpha value is -2.93. The summed E-state index contributed by atoms with van der Waals surface area (Å²) in [5.41, 5.74) is 4.23. The number of hydrogen-bond acceptors (Lipinski definition) is 6. The highest BCUT2D eigenvalue weighted by Gasteiger charge is 2.11. The monoisotopic (exact) mass is 323 g/mol. The second-order valence-corrected chi connectivity index (χ2v) is 5.68. The van der Waals surface area contributed by atoms with Gasteiger partial charge in [-0.2, -0.15) is 0 Å². The third-order valence-electron chi connectivity index (χ3n) is 3.27. The minimum absolute atomic E-state index is 0.237. The number of rotatable bonds is 3. The van der Waals surface area contributed by atoms with E-state index < -0.39 is 5.82 Å². The number of thiazole rings is 1. The molecule has 1 aromatic carbocycles. The van der Waals surface area contributed by atoms with Gasteiger partial charge in [0.1, 0.15) is 5.69 Å². The number of nitrogens with one attached hydrogen (secondary N) is 1. The molecule has 0 aliphatic rings. The van der Waals surface area contributed by atoms with Crippen molar-refractivity contribution < 1.29 is 4.39 Å². The van der Waals surface area contributed by atoms with E-state index in [9.17, 15) is 4.39 Å². The molecule has 0 unspecified atom stereocenters. The quantitative estimate of drug-likeness (QED) is 0.616. The summed E-state index contributed by atoms with van der Waals surface area (Å²) in [6.45, 7) is 0. The van der Waals surface area contributed by atoms with Gasteiger partial charge in [0.15, 0.2) is 5.82 Å². The van der Waals surface area contributed by atoms with Gasteiger partial charge < -0.3 is 5.32 Å². The van der Waals surface area contributed by atoms with Crippen LogP contribution in [0, 0.1) is 5.82 Å². The van der Waals surface area contributed by atoms with Crippen molar-refractivity contribution in [3.05, 3.63) is 60.3 Å². The van der Waals surface area contributed by atoms with Crippen LogP contribution in [0.3, 0.4) is 0 Å². The Kier molecular flexibility index (Phi) is 3.39. The highest BCUT2D eigenvalue weighted by Crippen LogP contribution is 2.27. The lowest BCUT2D eigenvalue weighted by atomic mass is 10.1. The maximum Gasteiger partial charge on any atom is 0.227 e. The standard InChI is InChI=1S/C16H10FN5S/c17-12-8-19-16(21-11-2-1-5-18-7-11)22-15(12)10-3-4-14-13(6-10)20-9-23-14/h1-9H,(H,19,21,22). The van der Waals surface area contributed by atoms with Gasteiger partial charge in [0.25, 0.3) is 0 Å². The molecule has 5 nitrogen and oxygen atoms in total. The highest BCUT2D eigenvalue weighted by atomic mass is 32.1. The third-order valence-corrected chi connectivity index (χ3v) is 4.08. The van der Waals surface area contributed by atoms with E-state index in [4.69, 9.17) is 0 Å².